The van der Waals surface area contributed by atoms with Gasteiger partial charge in [0.25, 0.3) is 6.02 Å². The third kappa shape index (κ3) is 4.66. The van der Waals surface area contributed by atoms with Crippen LogP contribution in [0.5, 0.6) is 0 Å². The van der Waals surface area contributed by atoms with Crippen LogP contribution in [0.1, 0.15) is 40.5 Å². The topological polar surface area (TPSA) is 101 Å². The Morgan fingerprint density at radius 2 is 2.10 bits per heavy atom. The first kappa shape index (κ1) is 21.0. The summed E-state index contributed by atoms with van der Waals surface area (Å²) in [5, 5.41) is 8.81. The van der Waals surface area contributed by atoms with Crippen LogP contribution in [0.4, 0.5) is 13.2 Å². The van der Waals surface area contributed by atoms with E-state index in [4.69, 9.17) is 15.7 Å². The highest BCUT2D eigenvalue weighted by Crippen LogP contribution is 2.35. The number of alkyl halides is 2. The molecule has 0 radical (unpaired) electrons. The summed E-state index contributed by atoms with van der Waals surface area (Å²) < 4.78 is 45.1. The van der Waals surface area contributed by atoms with Gasteiger partial charge in [0.2, 0.25) is 6.43 Å². The molecule has 154 valence electrons. The second-order valence-electron chi connectivity index (χ2n) is 6.86. The lowest BCUT2D eigenvalue weighted by atomic mass is 9.88. The molecule has 0 saturated heterocycles. The van der Waals surface area contributed by atoms with Gasteiger partial charge in [0.15, 0.2) is 5.78 Å². The van der Waals surface area contributed by atoms with Crippen molar-refractivity contribution in [3.63, 3.8) is 0 Å². The van der Waals surface area contributed by atoms with Crippen LogP contribution in [-0.2, 0) is 16.7 Å². The molecule has 2 aromatic rings. The first-order chi connectivity index (χ1) is 14.2. The molecule has 1 aromatic heterocycles. The van der Waals surface area contributed by atoms with Gasteiger partial charge < -0.3 is 10.5 Å². The van der Waals surface area contributed by atoms with Crippen molar-refractivity contribution >= 4 is 11.8 Å². The van der Waals surface area contributed by atoms with Gasteiger partial charge in [-0.3, -0.25) is 9.78 Å². The van der Waals surface area contributed by atoms with Gasteiger partial charge in [-0.2, -0.15) is 5.26 Å². The second kappa shape index (κ2) is 8.37. The van der Waals surface area contributed by atoms with Gasteiger partial charge in [-0.25, -0.2) is 18.2 Å². The molecule has 1 aliphatic heterocycles. The Balaban J connectivity index is 1.90. The van der Waals surface area contributed by atoms with Crippen LogP contribution in [0.3, 0.4) is 0 Å². The first-order valence-electron chi connectivity index (χ1n) is 8.91. The number of hydrogen-bond donors (Lipinski definition) is 1. The molecule has 1 atom stereocenters. The molecule has 0 aliphatic carbocycles. The number of nitrogens with two attached hydrogens (primary N) is 1. The van der Waals surface area contributed by atoms with E-state index in [0.29, 0.717) is 11.1 Å². The predicted octanol–water partition coefficient (Wildman–Crippen LogP) is 3.62. The van der Waals surface area contributed by atoms with Gasteiger partial charge >= 0.3 is 0 Å². The highest BCUT2D eigenvalue weighted by molar-refractivity contribution is 5.95. The normalized spacial score (nSPS) is 18.3. The van der Waals surface area contributed by atoms with Gasteiger partial charge in [0, 0.05) is 18.2 Å². The van der Waals surface area contributed by atoms with Gasteiger partial charge in [0.1, 0.15) is 28.9 Å². The van der Waals surface area contributed by atoms with Gasteiger partial charge in [0.05, 0.1) is 12.0 Å². The average Bonchev–Trinajstić information content (AvgIpc) is 2.68. The molecule has 3 rings (SSSR count). The summed E-state index contributed by atoms with van der Waals surface area (Å²) in [5.41, 5.74) is 5.28. The lowest BCUT2D eigenvalue weighted by Crippen LogP contribution is -2.31. The van der Waals surface area contributed by atoms with Crippen LogP contribution in [0, 0.1) is 17.1 Å². The van der Waals surface area contributed by atoms with Crippen molar-refractivity contribution in [1.29, 1.82) is 5.26 Å². The Morgan fingerprint density at radius 1 is 1.33 bits per heavy atom. The number of hydrogen-bond acceptors (Lipinski definition) is 6. The Hall–Kier alpha value is -3.67. The van der Waals surface area contributed by atoms with Crippen molar-refractivity contribution in [1.82, 2.24) is 4.98 Å². The van der Waals surface area contributed by atoms with E-state index in [9.17, 15) is 18.0 Å². The quantitative estimate of drug-likeness (QED) is 0.728. The molecule has 2 heterocycles. The zero-order valence-corrected chi connectivity index (χ0v) is 15.9. The fraction of sp³-hybridized carbons (Fsp3) is 0.238. The summed E-state index contributed by atoms with van der Waals surface area (Å²) in [6.45, 7) is 1.51. The van der Waals surface area contributed by atoms with Crippen molar-refractivity contribution in [2.24, 2.45) is 10.7 Å². The highest BCUT2D eigenvalue weighted by Gasteiger charge is 2.33. The minimum atomic E-state index is -2.67. The smallest absolute Gasteiger partial charge is 0.288 e. The van der Waals surface area contributed by atoms with E-state index in [1.54, 1.807) is 0 Å². The molecule has 6 nitrogen and oxygen atoms in total. The Kier molecular flexibility index (Phi) is 5.87. The number of amidine groups is 1. The summed E-state index contributed by atoms with van der Waals surface area (Å²) in [6.07, 6.45) is -0.845. The molecule has 1 aliphatic rings. The molecule has 1 aromatic carbocycles. The Morgan fingerprint density at radius 3 is 2.73 bits per heavy atom. The van der Waals surface area contributed by atoms with E-state index in [1.165, 1.54) is 49.5 Å². The number of rotatable bonds is 6. The third-order valence-corrected chi connectivity index (χ3v) is 4.49. The lowest BCUT2D eigenvalue weighted by molar-refractivity contribution is 0.0988. The lowest BCUT2D eigenvalue weighted by Gasteiger charge is -2.28. The maximum absolute atomic E-state index is 14.6. The number of aromatic nitrogens is 1. The van der Waals surface area contributed by atoms with Gasteiger partial charge in [-0.1, -0.05) is 6.07 Å². The predicted molar refractivity (Wildman–Crippen MR) is 102 cm³/mol. The minimum Gasteiger partial charge on any atom is -0.431 e. The number of allylic oxidation sites excluding steroid dienone is 1. The van der Waals surface area contributed by atoms with Crippen LogP contribution < -0.4 is 5.73 Å². The third-order valence-electron chi connectivity index (χ3n) is 4.49. The molecule has 0 bridgehead atoms. The minimum absolute atomic E-state index is 0.0682. The number of benzene rings is 1. The second-order valence-corrected chi connectivity index (χ2v) is 6.86. The van der Waals surface area contributed by atoms with Crippen molar-refractivity contribution in [2.45, 2.75) is 31.7 Å². The molecular formula is C21H17F3N4O2. The van der Waals surface area contributed by atoms with E-state index >= 15 is 0 Å². The van der Waals surface area contributed by atoms with E-state index in [2.05, 4.69) is 9.98 Å². The molecule has 0 unspecified atom stereocenters. The Bertz CT molecular complexity index is 1070. The molecule has 0 fully saturated rings. The van der Waals surface area contributed by atoms with Gasteiger partial charge in [-0.15, -0.1) is 0 Å². The summed E-state index contributed by atoms with van der Waals surface area (Å²) in [7, 11) is 0. The monoisotopic (exact) mass is 414 g/mol. The molecule has 0 saturated carbocycles. The number of nitrogens with zero attached hydrogens (tertiary/aromatic N) is 3. The zero-order valence-electron chi connectivity index (χ0n) is 15.9. The summed E-state index contributed by atoms with van der Waals surface area (Å²) in [4.78, 5) is 20.5. The molecule has 9 heteroatoms. The number of halogens is 3. The van der Waals surface area contributed by atoms with Crippen molar-refractivity contribution in [3.05, 3.63) is 76.6 Å². The maximum Gasteiger partial charge on any atom is 0.288 e. The summed E-state index contributed by atoms with van der Waals surface area (Å²) in [5.74, 6) is -1.06. The van der Waals surface area contributed by atoms with Crippen LogP contribution in [0.2, 0.25) is 0 Å². The highest BCUT2D eigenvalue weighted by atomic mass is 19.3. The standard InChI is InChI=1S/C21H17F3N4O2/c1-21(9-14(8-19(23)24)30-20(26)28-21)15-6-12(2-4-16(15)22)7-18(29)17-5-3-13(10-25)11-27-17/h2-6,9,11,19H,7-8H2,1H3,(H2,26,28)/t21-/m0/s1. The van der Waals surface area contributed by atoms with Crippen molar-refractivity contribution < 1.29 is 22.7 Å². The summed E-state index contributed by atoms with van der Waals surface area (Å²) >= 11 is 0. The van der Waals surface area contributed by atoms with Crippen molar-refractivity contribution in [2.75, 3.05) is 0 Å². The molecule has 30 heavy (non-hydrogen) atoms. The van der Waals surface area contributed by atoms with E-state index in [0.717, 1.165) is 0 Å². The number of pyridine rings is 1. The largest absolute Gasteiger partial charge is 0.431 e. The molecule has 0 amide bonds. The zero-order chi connectivity index (χ0) is 21.9. The Labute approximate surface area is 170 Å². The first-order valence-corrected chi connectivity index (χ1v) is 8.91. The van der Waals surface area contributed by atoms with Crippen molar-refractivity contribution in [3.8, 4) is 6.07 Å². The number of carbonyl (C=O) groups is 1. The summed E-state index contributed by atoms with van der Waals surface area (Å²) in [6, 6.07) is 8.55. The van der Waals surface area contributed by atoms with Gasteiger partial charge in [-0.05, 0) is 42.8 Å². The van der Waals surface area contributed by atoms with Crippen LogP contribution in [-0.4, -0.2) is 23.2 Å². The maximum atomic E-state index is 14.6. The van der Waals surface area contributed by atoms with Crippen LogP contribution in [0.15, 0.2) is 53.4 Å². The molecular weight excluding hydrogens is 397 g/mol. The SMILES string of the molecule is C[C@@]1(c2cc(CC(=O)c3ccc(C#N)cn3)ccc2F)C=C(CC(F)F)OC(N)=N1. The number of carbonyl (C=O) groups excluding carboxylic acids is 1. The number of Topliss-reactive ketones (excluding diaryl/α,β-unsaturated/α-hetero) is 1. The van der Waals surface area contributed by atoms with E-state index in [-0.39, 0.29) is 35.2 Å². The fourth-order valence-corrected chi connectivity index (χ4v) is 3.12. The molecule has 2 N–H and O–H groups in total. The fourth-order valence-electron chi connectivity index (χ4n) is 3.12. The average molecular weight is 414 g/mol. The van der Waals surface area contributed by atoms with Crippen LogP contribution in [0.25, 0.3) is 0 Å². The number of aliphatic imine (C=N–C) groups is 1. The number of nitriles is 1. The molecule has 0 spiro atoms. The van der Waals surface area contributed by atoms with E-state index < -0.39 is 24.2 Å². The number of ether oxygens (including phenoxy) is 1. The number of ketones is 1. The van der Waals surface area contributed by atoms with E-state index in [1.807, 2.05) is 6.07 Å². The van der Waals surface area contributed by atoms with Crippen LogP contribution >= 0.6 is 0 Å².